The van der Waals surface area contributed by atoms with Gasteiger partial charge in [0.1, 0.15) is 5.82 Å². The number of sulfonamides is 1. The monoisotopic (exact) mass is 302 g/mol. The third kappa shape index (κ3) is 2.65. The molecular weight excluding hydrogens is 283 g/mol. The average Bonchev–Trinajstić information content (AvgIpc) is 2.38. The Labute approximate surface area is 118 Å². The van der Waals surface area contributed by atoms with Gasteiger partial charge in [-0.05, 0) is 37.0 Å². The molecular formula is C13H19FN2O3S. The van der Waals surface area contributed by atoms with Crippen molar-refractivity contribution in [1.82, 2.24) is 4.31 Å². The van der Waals surface area contributed by atoms with Crippen LogP contribution in [0.5, 0.6) is 0 Å². The molecule has 1 heterocycles. The van der Waals surface area contributed by atoms with Crippen molar-refractivity contribution < 1.29 is 17.9 Å². The molecule has 2 atom stereocenters. The number of hydrogen-bond donors (Lipinski definition) is 2. The van der Waals surface area contributed by atoms with Gasteiger partial charge in [0.25, 0.3) is 0 Å². The van der Waals surface area contributed by atoms with Gasteiger partial charge in [0.05, 0.1) is 16.7 Å². The highest BCUT2D eigenvalue weighted by atomic mass is 32.2. The van der Waals surface area contributed by atoms with Crippen LogP contribution in [-0.2, 0) is 10.0 Å². The first-order valence-corrected chi connectivity index (χ1v) is 7.91. The van der Waals surface area contributed by atoms with E-state index < -0.39 is 21.9 Å². The van der Waals surface area contributed by atoms with Crippen LogP contribution >= 0.6 is 0 Å². The Hall–Kier alpha value is -1.18. The number of anilines is 1. The smallest absolute Gasteiger partial charge is 0.243 e. The lowest BCUT2D eigenvalue weighted by Gasteiger charge is -2.33. The van der Waals surface area contributed by atoms with Crippen LogP contribution in [0.15, 0.2) is 17.0 Å². The second-order valence-electron chi connectivity index (χ2n) is 5.34. The van der Waals surface area contributed by atoms with E-state index in [4.69, 9.17) is 5.73 Å². The first kappa shape index (κ1) is 15.2. The average molecular weight is 302 g/mol. The van der Waals surface area contributed by atoms with Crippen LogP contribution in [0.25, 0.3) is 0 Å². The minimum atomic E-state index is -3.70. The second kappa shape index (κ2) is 5.31. The van der Waals surface area contributed by atoms with Crippen LogP contribution in [0.3, 0.4) is 0 Å². The maximum absolute atomic E-state index is 13.5. The Kier molecular flexibility index (Phi) is 4.04. The lowest BCUT2D eigenvalue weighted by atomic mass is 9.99. The maximum atomic E-state index is 13.5. The van der Waals surface area contributed by atoms with Crippen molar-refractivity contribution in [2.45, 2.75) is 31.3 Å². The largest absolute Gasteiger partial charge is 0.396 e. The van der Waals surface area contributed by atoms with E-state index in [0.717, 1.165) is 6.07 Å². The third-order valence-corrected chi connectivity index (χ3v) is 5.56. The molecule has 0 aromatic heterocycles. The fourth-order valence-corrected chi connectivity index (χ4v) is 4.05. The predicted octanol–water partition coefficient (Wildman–Crippen LogP) is 1.11. The van der Waals surface area contributed by atoms with Gasteiger partial charge in [-0.15, -0.1) is 0 Å². The van der Waals surface area contributed by atoms with Gasteiger partial charge in [0, 0.05) is 13.1 Å². The van der Waals surface area contributed by atoms with Crippen molar-refractivity contribution in [3.8, 4) is 0 Å². The standard InChI is InChI=1S/C13H19FN2O3S/c1-8-5-10(6-11(15)13(8)14)20(18,19)16-4-3-12(17)9(2)7-16/h5-6,9,12,17H,3-4,7,15H2,1-2H3. The molecule has 0 aliphatic carbocycles. The molecule has 0 radical (unpaired) electrons. The van der Waals surface area contributed by atoms with Gasteiger partial charge in [0.15, 0.2) is 0 Å². The molecule has 7 heteroatoms. The molecule has 0 bridgehead atoms. The van der Waals surface area contributed by atoms with Gasteiger partial charge in [-0.3, -0.25) is 0 Å². The number of aliphatic hydroxyl groups is 1. The summed E-state index contributed by atoms with van der Waals surface area (Å²) in [6.45, 7) is 3.79. The fourth-order valence-electron chi connectivity index (χ4n) is 2.37. The van der Waals surface area contributed by atoms with Crippen LogP contribution in [0, 0.1) is 18.7 Å². The Bertz CT molecular complexity index is 595. The second-order valence-corrected chi connectivity index (χ2v) is 7.28. The Morgan fingerprint density at radius 1 is 1.45 bits per heavy atom. The summed E-state index contributed by atoms with van der Waals surface area (Å²) in [6.07, 6.45) is -0.0859. The zero-order valence-electron chi connectivity index (χ0n) is 11.5. The highest BCUT2D eigenvalue weighted by molar-refractivity contribution is 7.89. The molecule has 2 unspecified atom stereocenters. The summed E-state index contributed by atoms with van der Waals surface area (Å²) in [6, 6.07) is 2.43. The fraction of sp³-hybridized carbons (Fsp3) is 0.538. The first-order valence-electron chi connectivity index (χ1n) is 6.47. The van der Waals surface area contributed by atoms with Crippen LogP contribution in [0.1, 0.15) is 18.9 Å². The molecule has 1 aliphatic heterocycles. The number of benzene rings is 1. The Balaban J connectivity index is 2.36. The van der Waals surface area contributed by atoms with Crippen molar-refractivity contribution in [3.63, 3.8) is 0 Å². The van der Waals surface area contributed by atoms with Gasteiger partial charge in [0.2, 0.25) is 10.0 Å². The van der Waals surface area contributed by atoms with E-state index in [9.17, 15) is 17.9 Å². The Morgan fingerprint density at radius 3 is 2.65 bits per heavy atom. The normalized spacial score (nSPS) is 24.8. The lowest BCUT2D eigenvalue weighted by Crippen LogP contribution is -2.44. The highest BCUT2D eigenvalue weighted by Crippen LogP contribution is 2.27. The van der Waals surface area contributed by atoms with Gasteiger partial charge < -0.3 is 10.8 Å². The molecule has 1 fully saturated rings. The number of aliphatic hydroxyl groups excluding tert-OH is 1. The van der Waals surface area contributed by atoms with E-state index in [2.05, 4.69) is 0 Å². The number of nitrogens with zero attached hydrogens (tertiary/aromatic N) is 1. The van der Waals surface area contributed by atoms with E-state index in [0.29, 0.717) is 6.42 Å². The summed E-state index contributed by atoms with van der Waals surface area (Å²) in [5.41, 5.74) is 5.53. The van der Waals surface area contributed by atoms with E-state index in [1.807, 2.05) is 0 Å². The van der Waals surface area contributed by atoms with Crippen LogP contribution in [-0.4, -0.2) is 37.0 Å². The minimum Gasteiger partial charge on any atom is -0.396 e. The van der Waals surface area contributed by atoms with Crippen LogP contribution in [0.4, 0.5) is 10.1 Å². The van der Waals surface area contributed by atoms with Crippen molar-refractivity contribution in [2.75, 3.05) is 18.8 Å². The van der Waals surface area contributed by atoms with Crippen LogP contribution in [0.2, 0.25) is 0 Å². The lowest BCUT2D eigenvalue weighted by molar-refractivity contribution is 0.0628. The van der Waals surface area contributed by atoms with Crippen molar-refractivity contribution in [3.05, 3.63) is 23.5 Å². The molecule has 5 nitrogen and oxygen atoms in total. The molecule has 0 amide bonds. The molecule has 2 rings (SSSR count). The summed E-state index contributed by atoms with van der Waals surface area (Å²) < 4.78 is 39.8. The summed E-state index contributed by atoms with van der Waals surface area (Å²) in [7, 11) is -3.70. The molecule has 112 valence electrons. The highest BCUT2D eigenvalue weighted by Gasteiger charge is 2.33. The van der Waals surface area contributed by atoms with E-state index in [1.165, 1.54) is 17.3 Å². The molecule has 1 aliphatic rings. The molecule has 0 spiro atoms. The predicted molar refractivity (Wildman–Crippen MR) is 74.1 cm³/mol. The maximum Gasteiger partial charge on any atom is 0.243 e. The van der Waals surface area contributed by atoms with Crippen molar-refractivity contribution in [2.24, 2.45) is 5.92 Å². The number of nitrogen functional groups attached to an aromatic ring is 1. The van der Waals surface area contributed by atoms with Gasteiger partial charge in [-0.2, -0.15) is 4.31 Å². The molecule has 0 saturated carbocycles. The van der Waals surface area contributed by atoms with Gasteiger partial charge in [-0.1, -0.05) is 6.92 Å². The van der Waals surface area contributed by atoms with Crippen molar-refractivity contribution >= 4 is 15.7 Å². The van der Waals surface area contributed by atoms with Gasteiger partial charge >= 0.3 is 0 Å². The zero-order chi connectivity index (χ0) is 15.1. The van der Waals surface area contributed by atoms with Crippen molar-refractivity contribution in [1.29, 1.82) is 0 Å². The van der Waals surface area contributed by atoms with Crippen LogP contribution < -0.4 is 5.73 Å². The topological polar surface area (TPSA) is 83.6 Å². The molecule has 1 aromatic carbocycles. The van der Waals surface area contributed by atoms with E-state index in [1.54, 1.807) is 6.92 Å². The molecule has 20 heavy (non-hydrogen) atoms. The number of hydrogen-bond acceptors (Lipinski definition) is 4. The van der Waals surface area contributed by atoms with E-state index in [-0.39, 0.29) is 35.2 Å². The first-order chi connectivity index (χ1) is 9.23. The van der Waals surface area contributed by atoms with E-state index >= 15 is 0 Å². The summed E-state index contributed by atoms with van der Waals surface area (Å²) in [5, 5.41) is 9.67. The summed E-state index contributed by atoms with van der Waals surface area (Å²) in [5.74, 6) is -0.719. The zero-order valence-corrected chi connectivity index (χ0v) is 12.3. The third-order valence-electron chi connectivity index (χ3n) is 3.72. The number of rotatable bonds is 2. The molecule has 3 N–H and O–H groups in total. The number of aryl methyl sites for hydroxylation is 1. The SMILES string of the molecule is Cc1cc(S(=O)(=O)N2CCC(O)C(C)C2)cc(N)c1F. The minimum absolute atomic E-state index is 0.00232. The summed E-state index contributed by atoms with van der Waals surface area (Å²) >= 11 is 0. The van der Waals surface area contributed by atoms with Gasteiger partial charge in [-0.25, -0.2) is 12.8 Å². The quantitative estimate of drug-likeness (QED) is 0.802. The summed E-state index contributed by atoms with van der Waals surface area (Å²) in [4.78, 5) is -0.00232. The Morgan fingerprint density at radius 2 is 2.10 bits per heavy atom. The number of piperidine rings is 1. The molecule has 1 saturated heterocycles. The number of halogens is 1. The molecule has 1 aromatic rings. The number of nitrogens with two attached hydrogens (primary N) is 1.